The van der Waals surface area contributed by atoms with Gasteiger partial charge in [-0.15, -0.1) is 0 Å². The van der Waals surface area contributed by atoms with E-state index < -0.39 is 16.0 Å². The van der Waals surface area contributed by atoms with Crippen molar-refractivity contribution >= 4 is 16.0 Å². The lowest BCUT2D eigenvalue weighted by Gasteiger charge is -2.28. The van der Waals surface area contributed by atoms with Gasteiger partial charge in [-0.1, -0.05) is 0 Å². The Morgan fingerprint density at radius 3 is 2.43 bits per heavy atom. The van der Waals surface area contributed by atoms with E-state index in [4.69, 9.17) is 10.4 Å². The quantitative estimate of drug-likeness (QED) is 0.895. The molecule has 1 N–H and O–H groups in total. The molecule has 1 saturated heterocycles. The van der Waals surface area contributed by atoms with Crippen LogP contribution < -0.4 is 0 Å². The van der Waals surface area contributed by atoms with Gasteiger partial charge in [-0.2, -0.15) is 9.57 Å². The fourth-order valence-corrected chi connectivity index (χ4v) is 4.24. The van der Waals surface area contributed by atoms with Gasteiger partial charge in [-0.3, -0.25) is 0 Å². The minimum absolute atomic E-state index is 0.0257. The Labute approximate surface area is 123 Å². The van der Waals surface area contributed by atoms with Crippen molar-refractivity contribution in [1.29, 1.82) is 5.26 Å². The van der Waals surface area contributed by atoms with Crippen LogP contribution in [0.3, 0.4) is 0 Å². The fourth-order valence-electron chi connectivity index (χ4n) is 2.50. The van der Waals surface area contributed by atoms with E-state index in [1.807, 2.05) is 0 Å². The first-order valence-electron chi connectivity index (χ1n) is 6.58. The molecule has 2 heterocycles. The van der Waals surface area contributed by atoms with Crippen molar-refractivity contribution in [3.63, 3.8) is 0 Å². The molecular formula is C13H17N3O4S. The number of carboxylic acid groups (broad SMARTS) is 1. The summed E-state index contributed by atoms with van der Waals surface area (Å²) in [5.41, 5.74) is 0.341. The van der Waals surface area contributed by atoms with Crippen LogP contribution in [0.4, 0.5) is 0 Å². The van der Waals surface area contributed by atoms with Crippen LogP contribution in [-0.4, -0.2) is 41.5 Å². The Morgan fingerprint density at radius 1 is 1.43 bits per heavy atom. The van der Waals surface area contributed by atoms with Crippen LogP contribution in [0.15, 0.2) is 11.0 Å². The molecule has 7 nitrogen and oxygen atoms in total. The Kier molecular flexibility index (Phi) is 4.07. The number of sulfonamides is 1. The number of hydrogen-bond donors (Lipinski definition) is 1. The summed E-state index contributed by atoms with van der Waals surface area (Å²) in [7, 11) is -2.19. The van der Waals surface area contributed by atoms with Crippen molar-refractivity contribution in [2.75, 3.05) is 13.1 Å². The molecule has 0 spiro atoms. The monoisotopic (exact) mass is 311 g/mol. The first kappa shape index (κ1) is 15.5. The van der Waals surface area contributed by atoms with Gasteiger partial charge in [-0.05, 0) is 25.8 Å². The number of piperidine rings is 1. The van der Waals surface area contributed by atoms with Crippen molar-refractivity contribution in [2.45, 2.75) is 24.7 Å². The minimum atomic E-state index is -3.72. The van der Waals surface area contributed by atoms with E-state index in [1.54, 1.807) is 6.92 Å². The maximum atomic E-state index is 12.6. The molecule has 0 bridgehead atoms. The molecule has 0 radical (unpaired) electrons. The molecular weight excluding hydrogens is 294 g/mol. The number of hydrogen-bond acceptors (Lipinski definition) is 4. The van der Waals surface area contributed by atoms with Gasteiger partial charge in [0, 0.05) is 31.7 Å². The van der Waals surface area contributed by atoms with Gasteiger partial charge < -0.3 is 9.67 Å². The summed E-state index contributed by atoms with van der Waals surface area (Å²) in [6.07, 6.45) is 1.01. The third-order valence-electron chi connectivity index (χ3n) is 3.96. The molecule has 0 unspecified atom stereocenters. The van der Waals surface area contributed by atoms with Gasteiger partial charge in [0.1, 0.15) is 10.6 Å². The first-order chi connectivity index (χ1) is 9.78. The Morgan fingerprint density at radius 2 is 2.00 bits per heavy atom. The van der Waals surface area contributed by atoms with Crippen LogP contribution in [-0.2, 0) is 17.1 Å². The van der Waals surface area contributed by atoms with Crippen LogP contribution in [0.5, 0.6) is 0 Å². The molecule has 1 aromatic rings. The SMILES string of the molecule is Cc1c(S(=O)(=O)N2CCC(C#N)CC2)cc(C(=O)O)n1C. The summed E-state index contributed by atoms with van der Waals surface area (Å²) in [5, 5.41) is 17.9. The molecule has 21 heavy (non-hydrogen) atoms. The lowest BCUT2D eigenvalue weighted by Crippen LogP contribution is -2.38. The average molecular weight is 311 g/mol. The normalized spacial score (nSPS) is 17.6. The van der Waals surface area contributed by atoms with Crippen molar-refractivity contribution < 1.29 is 18.3 Å². The molecule has 0 atom stereocenters. The number of aromatic carboxylic acids is 1. The van der Waals surface area contributed by atoms with Gasteiger partial charge in [-0.25, -0.2) is 13.2 Å². The molecule has 8 heteroatoms. The third-order valence-corrected chi connectivity index (χ3v) is 5.98. The second-order valence-electron chi connectivity index (χ2n) is 5.15. The van der Waals surface area contributed by atoms with Crippen LogP contribution in [0.2, 0.25) is 0 Å². The van der Waals surface area contributed by atoms with E-state index in [9.17, 15) is 13.2 Å². The van der Waals surface area contributed by atoms with Crippen molar-refractivity contribution in [3.8, 4) is 6.07 Å². The summed E-state index contributed by atoms with van der Waals surface area (Å²) in [6, 6.07) is 3.35. The van der Waals surface area contributed by atoms with E-state index in [0.29, 0.717) is 18.5 Å². The summed E-state index contributed by atoms with van der Waals surface area (Å²) < 4.78 is 27.9. The minimum Gasteiger partial charge on any atom is -0.477 e. The maximum Gasteiger partial charge on any atom is 0.352 e. The van der Waals surface area contributed by atoms with Crippen molar-refractivity contribution in [3.05, 3.63) is 17.5 Å². The zero-order chi connectivity index (χ0) is 15.8. The molecule has 2 rings (SSSR count). The summed E-state index contributed by atoms with van der Waals surface area (Å²) in [5.74, 6) is -1.27. The highest BCUT2D eigenvalue weighted by molar-refractivity contribution is 7.89. The molecule has 0 amide bonds. The average Bonchev–Trinajstić information content (AvgIpc) is 2.76. The Hall–Kier alpha value is -1.85. The zero-order valence-electron chi connectivity index (χ0n) is 11.9. The van der Waals surface area contributed by atoms with E-state index in [-0.39, 0.29) is 29.6 Å². The lowest BCUT2D eigenvalue weighted by atomic mass is 10.0. The van der Waals surface area contributed by atoms with E-state index in [2.05, 4.69) is 6.07 Å². The topological polar surface area (TPSA) is 103 Å². The molecule has 0 aromatic carbocycles. The number of aromatic nitrogens is 1. The van der Waals surface area contributed by atoms with Crippen LogP contribution in [0, 0.1) is 24.2 Å². The number of carbonyl (C=O) groups is 1. The predicted octanol–water partition coefficient (Wildman–Crippen LogP) is 0.956. The summed E-state index contributed by atoms with van der Waals surface area (Å²) >= 11 is 0. The third kappa shape index (κ3) is 2.66. The van der Waals surface area contributed by atoms with E-state index in [0.717, 1.165) is 0 Å². The molecule has 0 aliphatic carbocycles. The fraction of sp³-hybridized carbons (Fsp3) is 0.538. The summed E-state index contributed by atoms with van der Waals surface area (Å²) in [6.45, 7) is 2.16. The highest BCUT2D eigenvalue weighted by Gasteiger charge is 2.32. The molecule has 114 valence electrons. The maximum absolute atomic E-state index is 12.6. The number of nitriles is 1. The van der Waals surface area contributed by atoms with Gasteiger partial charge in [0.2, 0.25) is 10.0 Å². The number of carboxylic acids is 1. The molecule has 1 aliphatic heterocycles. The highest BCUT2D eigenvalue weighted by atomic mass is 32.2. The Bertz CT molecular complexity index is 707. The van der Waals surface area contributed by atoms with Gasteiger partial charge in [0.25, 0.3) is 0 Å². The standard InChI is InChI=1S/C13H17N3O4S/c1-9-12(7-11(13(17)18)15(9)2)21(19,20)16-5-3-10(8-14)4-6-16/h7,10H,3-6H2,1-2H3,(H,17,18). The Balaban J connectivity index is 2.35. The second kappa shape index (κ2) is 5.50. The summed E-state index contributed by atoms with van der Waals surface area (Å²) in [4.78, 5) is 11.1. The van der Waals surface area contributed by atoms with E-state index in [1.165, 1.54) is 22.0 Å². The molecule has 1 fully saturated rings. The van der Waals surface area contributed by atoms with Crippen molar-refractivity contribution in [2.24, 2.45) is 13.0 Å². The largest absolute Gasteiger partial charge is 0.477 e. The van der Waals surface area contributed by atoms with Gasteiger partial charge in [0.15, 0.2) is 0 Å². The van der Waals surface area contributed by atoms with Crippen molar-refractivity contribution in [1.82, 2.24) is 8.87 Å². The first-order valence-corrected chi connectivity index (χ1v) is 8.02. The molecule has 0 saturated carbocycles. The number of nitrogens with zero attached hydrogens (tertiary/aromatic N) is 3. The predicted molar refractivity (Wildman–Crippen MR) is 74.2 cm³/mol. The lowest BCUT2D eigenvalue weighted by molar-refractivity contribution is 0.0686. The van der Waals surface area contributed by atoms with Crippen LogP contribution in [0.1, 0.15) is 29.0 Å². The van der Waals surface area contributed by atoms with Gasteiger partial charge in [0.05, 0.1) is 6.07 Å². The van der Waals surface area contributed by atoms with Crippen LogP contribution >= 0.6 is 0 Å². The van der Waals surface area contributed by atoms with Crippen LogP contribution in [0.25, 0.3) is 0 Å². The second-order valence-corrected chi connectivity index (χ2v) is 7.06. The van der Waals surface area contributed by atoms with E-state index >= 15 is 0 Å². The number of rotatable bonds is 3. The highest BCUT2D eigenvalue weighted by Crippen LogP contribution is 2.27. The zero-order valence-corrected chi connectivity index (χ0v) is 12.7. The molecule has 1 aromatic heterocycles. The van der Waals surface area contributed by atoms with Gasteiger partial charge >= 0.3 is 5.97 Å². The molecule has 1 aliphatic rings. The smallest absolute Gasteiger partial charge is 0.352 e.